The minimum Gasteiger partial charge on any atom is -0.406 e. The van der Waals surface area contributed by atoms with E-state index in [1.807, 2.05) is 24.1 Å². The van der Waals surface area contributed by atoms with E-state index in [9.17, 15) is 18.0 Å². The summed E-state index contributed by atoms with van der Waals surface area (Å²) in [6.07, 6.45) is -3.64. The lowest BCUT2D eigenvalue weighted by atomic mass is 10.0. The normalized spacial score (nSPS) is 16.5. The van der Waals surface area contributed by atoms with Crippen molar-refractivity contribution < 1.29 is 22.7 Å². The van der Waals surface area contributed by atoms with E-state index in [1.165, 1.54) is 24.3 Å². The highest BCUT2D eigenvalue weighted by atomic mass is 19.4. The summed E-state index contributed by atoms with van der Waals surface area (Å²) in [6, 6.07) is 12.7. The predicted molar refractivity (Wildman–Crippen MR) is 95.8 cm³/mol. The van der Waals surface area contributed by atoms with E-state index >= 15 is 0 Å². The van der Waals surface area contributed by atoms with Gasteiger partial charge in [0.2, 0.25) is 0 Å². The van der Waals surface area contributed by atoms with Gasteiger partial charge in [0.1, 0.15) is 11.9 Å². The number of alkyl halides is 3. The Morgan fingerprint density at radius 1 is 1.11 bits per heavy atom. The van der Waals surface area contributed by atoms with Crippen LogP contribution in [0.5, 0.6) is 5.75 Å². The zero-order valence-corrected chi connectivity index (χ0v) is 14.6. The van der Waals surface area contributed by atoms with Crippen molar-refractivity contribution in [3.63, 3.8) is 0 Å². The fourth-order valence-corrected chi connectivity index (χ4v) is 3.25. The molecule has 0 bridgehead atoms. The third kappa shape index (κ3) is 3.26. The molecule has 1 aromatic heterocycles. The van der Waals surface area contributed by atoms with Gasteiger partial charge in [-0.1, -0.05) is 12.1 Å². The fraction of sp³-hybridized carbons (Fsp3) is 0.158. The lowest BCUT2D eigenvalue weighted by Crippen LogP contribution is -2.44. The van der Waals surface area contributed by atoms with Gasteiger partial charge in [0, 0.05) is 18.2 Å². The SMILES string of the molecule is CN1c2ccccc2C(=O)NC1c1cn[nH]c1-c1ccc(OC(F)(F)F)cc1. The van der Waals surface area contributed by atoms with Crippen molar-refractivity contribution in [1.29, 1.82) is 0 Å². The molecule has 4 rings (SSSR count). The summed E-state index contributed by atoms with van der Waals surface area (Å²) in [7, 11) is 1.85. The van der Waals surface area contributed by atoms with Crippen LogP contribution < -0.4 is 15.0 Å². The Bertz CT molecular complexity index is 1010. The zero-order chi connectivity index (χ0) is 19.9. The second kappa shape index (κ2) is 6.59. The molecule has 1 atom stereocenters. The standard InChI is InChI=1S/C19H15F3N4O2/c1-26-15-5-3-2-4-13(15)18(27)24-17(26)14-10-23-25-16(14)11-6-8-12(9-7-11)28-19(20,21)22/h2-10,17H,1H3,(H,23,25)(H,24,27). The molecule has 0 aliphatic carbocycles. The summed E-state index contributed by atoms with van der Waals surface area (Å²) in [5.41, 5.74) is 3.24. The van der Waals surface area contributed by atoms with Crippen molar-refractivity contribution in [2.75, 3.05) is 11.9 Å². The quantitative estimate of drug-likeness (QED) is 0.715. The molecule has 2 N–H and O–H groups in total. The summed E-state index contributed by atoms with van der Waals surface area (Å²) in [5, 5.41) is 9.84. The molecule has 2 aromatic carbocycles. The van der Waals surface area contributed by atoms with E-state index in [0.717, 1.165) is 5.69 Å². The summed E-state index contributed by atoms with van der Waals surface area (Å²) < 4.78 is 40.9. The van der Waals surface area contributed by atoms with Gasteiger partial charge >= 0.3 is 6.36 Å². The first kappa shape index (κ1) is 17.9. The van der Waals surface area contributed by atoms with Crippen molar-refractivity contribution in [1.82, 2.24) is 15.5 Å². The predicted octanol–water partition coefficient (Wildman–Crippen LogP) is 3.85. The highest BCUT2D eigenvalue weighted by Crippen LogP contribution is 2.35. The van der Waals surface area contributed by atoms with Crippen LogP contribution in [0.25, 0.3) is 11.3 Å². The minimum absolute atomic E-state index is 0.209. The van der Waals surface area contributed by atoms with Crippen molar-refractivity contribution in [2.45, 2.75) is 12.5 Å². The van der Waals surface area contributed by atoms with Crippen molar-refractivity contribution >= 4 is 11.6 Å². The highest BCUT2D eigenvalue weighted by molar-refractivity contribution is 6.02. The van der Waals surface area contributed by atoms with Crippen LogP contribution >= 0.6 is 0 Å². The number of nitrogens with one attached hydrogen (secondary N) is 2. The Morgan fingerprint density at radius 2 is 1.82 bits per heavy atom. The van der Waals surface area contributed by atoms with Crippen LogP contribution in [0.3, 0.4) is 0 Å². The average Bonchev–Trinajstić information content (AvgIpc) is 3.13. The fourth-order valence-electron chi connectivity index (χ4n) is 3.25. The number of aromatic amines is 1. The number of nitrogens with zero attached hydrogens (tertiary/aromatic N) is 2. The molecule has 9 heteroatoms. The molecule has 0 saturated heterocycles. The second-order valence-corrected chi connectivity index (χ2v) is 6.28. The van der Waals surface area contributed by atoms with Gasteiger partial charge in [-0.15, -0.1) is 13.2 Å². The molecular formula is C19H15F3N4O2. The van der Waals surface area contributed by atoms with Crippen LogP contribution in [-0.4, -0.2) is 29.5 Å². The van der Waals surface area contributed by atoms with E-state index in [1.54, 1.807) is 18.3 Å². The summed E-state index contributed by atoms with van der Waals surface area (Å²) >= 11 is 0. The number of benzene rings is 2. The van der Waals surface area contributed by atoms with E-state index in [-0.39, 0.29) is 11.7 Å². The lowest BCUT2D eigenvalue weighted by Gasteiger charge is -2.36. The van der Waals surface area contributed by atoms with Gasteiger partial charge in [-0.2, -0.15) is 5.10 Å². The van der Waals surface area contributed by atoms with Crippen LogP contribution in [0.1, 0.15) is 22.1 Å². The van der Waals surface area contributed by atoms with Crippen LogP contribution in [0.15, 0.2) is 54.7 Å². The molecule has 0 radical (unpaired) electrons. The maximum absolute atomic E-state index is 12.5. The summed E-state index contributed by atoms with van der Waals surface area (Å²) in [6.45, 7) is 0. The summed E-state index contributed by atoms with van der Waals surface area (Å²) in [5.74, 6) is -0.519. The Kier molecular flexibility index (Phi) is 4.21. The molecule has 144 valence electrons. The first-order valence-electron chi connectivity index (χ1n) is 8.35. The number of carbonyl (C=O) groups excluding carboxylic acids is 1. The number of anilines is 1. The minimum atomic E-state index is -4.75. The molecule has 0 spiro atoms. The molecule has 0 fully saturated rings. The molecule has 1 unspecified atom stereocenters. The third-order valence-corrected chi connectivity index (χ3v) is 4.52. The van der Waals surface area contributed by atoms with Crippen molar-refractivity contribution in [3.05, 3.63) is 65.9 Å². The van der Waals surface area contributed by atoms with Gasteiger partial charge in [-0.3, -0.25) is 9.89 Å². The van der Waals surface area contributed by atoms with Crippen molar-refractivity contribution in [3.8, 4) is 17.0 Å². The molecule has 3 aromatic rings. The number of para-hydroxylation sites is 1. The van der Waals surface area contributed by atoms with Crippen molar-refractivity contribution in [2.24, 2.45) is 0 Å². The van der Waals surface area contributed by atoms with Crippen LogP contribution in [0, 0.1) is 0 Å². The van der Waals surface area contributed by atoms with E-state index in [4.69, 9.17) is 0 Å². The first-order valence-corrected chi connectivity index (χ1v) is 8.35. The maximum Gasteiger partial charge on any atom is 0.573 e. The topological polar surface area (TPSA) is 70.2 Å². The maximum atomic E-state index is 12.5. The molecule has 0 saturated carbocycles. The molecule has 2 heterocycles. The van der Waals surface area contributed by atoms with E-state index in [0.29, 0.717) is 22.4 Å². The van der Waals surface area contributed by atoms with Crippen LogP contribution in [0.4, 0.5) is 18.9 Å². The van der Waals surface area contributed by atoms with Gasteiger partial charge in [0.05, 0.1) is 23.1 Å². The molecule has 28 heavy (non-hydrogen) atoms. The lowest BCUT2D eigenvalue weighted by molar-refractivity contribution is -0.274. The number of hydrogen-bond donors (Lipinski definition) is 2. The van der Waals surface area contributed by atoms with Gasteiger partial charge in [-0.25, -0.2) is 0 Å². The Hall–Kier alpha value is -3.49. The van der Waals surface area contributed by atoms with E-state index in [2.05, 4.69) is 20.3 Å². The summed E-state index contributed by atoms with van der Waals surface area (Å²) in [4.78, 5) is 14.4. The highest BCUT2D eigenvalue weighted by Gasteiger charge is 2.32. The van der Waals surface area contributed by atoms with Gasteiger partial charge in [0.15, 0.2) is 0 Å². The number of carbonyl (C=O) groups is 1. The Labute approximate surface area is 157 Å². The van der Waals surface area contributed by atoms with Gasteiger partial charge < -0.3 is 15.0 Å². The van der Waals surface area contributed by atoms with Gasteiger partial charge in [0.25, 0.3) is 5.91 Å². The first-order chi connectivity index (χ1) is 13.3. The van der Waals surface area contributed by atoms with Gasteiger partial charge in [-0.05, 0) is 36.4 Å². The van der Waals surface area contributed by atoms with Crippen LogP contribution in [-0.2, 0) is 0 Å². The zero-order valence-electron chi connectivity index (χ0n) is 14.6. The monoisotopic (exact) mass is 388 g/mol. The molecule has 1 amide bonds. The number of ether oxygens (including phenoxy) is 1. The largest absolute Gasteiger partial charge is 0.573 e. The number of amides is 1. The Balaban J connectivity index is 1.66. The molecule has 6 nitrogen and oxygen atoms in total. The number of rotatable bonds is 3. The molecule has 1 aliphatic rings. The number of halogens is 3. The number of H-pyrrole nitrogens is 1. The molecular weight excluding hydrogens is 373 g/mol. The van der Waals surface area contributed by atoms with E-state index < -0.39 is 12.5 Å². The second-order valence-electron chi connectivity index (χ2n) is 6.28. The number of aromatic nitrogens is 2. The number of fused-ring (bicyclic) bond motifs is 1. The third-order valence-electron chi connectivity index (χ3n) is 4.52. The smallest absolute Gasteiger partial charge is 0.406 e. The number of hydrogen-bond acceptors (Lipinski definition) is 4. The Morgan fingerprint density at radius 3 is 2.54 bits per heavy atom. The van der Waals surface area contributed by atoms with Crippen LogP contribution in [0.2, 0.25) is 0 Å². The average molecular weight is 388 g/mol. The molecule has 1 aliphatic heterocycles.